The highest BCUT2D eigenvalue weighted by Crippen LogP contribution is 2.28. The van der Waals surface area contributed by atoms with E-state index >= 15 is 0 Å². The van der Waals surface area contributed by atoms with E-state index in [-0.39, 0.29) is 0 Å². The number of anilines is 2. The minimum Gasteiger partial charge on any atom is -0.495 e. The zero-order chi connectivity index (χ0) is 11.4. The van der Waals surface area contributed by atoms with Gasteiger partial charge in [-0.3, -0.25) is 4.98 Å². The molecular formula is C12H11ClN2O. The van der Waals surface area contributed by atoms with Crippen LogP contribution in [0.15, 0.2) is 42.7 Å². The van der Waals surface area contributed by atoms with Crippen molar-refractivity contribution in [1.82, 2.24) is 4.98 Å². The van der Waals surface area contributed by atoms with Crippen molar-refractivity contribution in [2.45, 2.75) is 0 Å². The third kappa shape index (κ3) is 2.44. The molecule has 0 amide bonds. The van der Waals surface area contributed by atoms with E-state index in [9.17, 15) is 0 Å². The van der Waals surface area contributed by atoms with E-state index in [0.29, 0.717) is 10.8 Å². The van der Waals surface area contributed by atoms with Crippen LogP contribution in [-0.4, -0.2) is 12.1 Å². The van der Waals surface area contributed by atoms with Crippen LogP contribution in [0.3, 0.4) is 0 Å². The smallest absolute Gasteiger partial charge is 0.137 e. The van der Waals surface area contributed by atoms with E-state index in [2.05, 4.69) is 10.3 Å². The summed E-state index contributed by atoms with van der Waals surface area (Å²) >= 11 is 6.02. The number of ether oxygens (including phenoxy) is 1. The number of halogens is 1. The molecule has 2 aromatic rings. The number of aromatic nitrogens is 1. The molecular weight excluding hydrogens is 224 g/mol. The molecule has 0 spiro atoms. The van der Waals surface area contributed by atoms with Gasteiger partial charge < -0.3 is 10.1 Å². The Bertz CT molecular complexity index is 474. The molecule has 1 aromatic heterocycles. The molecule has 16 heavy (non-hydrogen) atoms. The summed E-state index contributed by atoms with van der Waals surface area (Å²) in [5.41, 5.74) is 1.82. The second kappa shape index (κ2) is 4.86. The molecule has 0 bridgehead atoms. The molecule has 0 aliphatic carbocycles. The van der Waals surface area contributed by atoms with Crippen molar-refractivity contribution in [3.05, 3.63) is 47.7 Å². The predicted molar refractivity (Wildman–Crippen MR) is 65.5 cm³/mol. The van der Waals surface area contributed by atoms with Gasteiger partial charge in [0, 0.05) is 11.9 Å². The summed E-state index contributed by atoms with van der Waals surface area (Å²) in [6.45, 7) is 0. The van der Waals surface area contributed by atoms with Crippen molar-refractivity contribution >= 4 is 23.0 Å². The fraction of sp³-hybridized carbons (Fsp3) is 0.0833. The molecule has 3 nitrogen and oxygen atoms in total. The van der Waals surface area contributed by atoms with E-state index in [0.717, 1.165) is 11.4 Å². The molecule has 0 fully saturated rings. The number of hydrogen-bond acceptors (Lipinski definition) is 3. The Kier molecular flexibility index (Phi) is 3.27. The fourth-order valence-corrected chi connectivity index (χ4v) is 1.61. The lowest BCUT2D eigenvalue weighted by molar-refractivity contribution is 0.415. The lowest BCUT2D eigenvalue weighted by Gasteiger charge is -2.08. The number of methoxy groups -OCH3 is 1. The lowest BCUT2D eigenvalue weighted by atomic mass is 10.3. The molecule has 0 atom stereocenters. The van der Waals surface area contributed by atoms with E-state index in [4.69, 9.17) is 16.3 Å². The van der Waals surface area contributed by atoms with Crippen LogP contribution in [0, 0.1) is 0 Å². The van der Waals surface area contributed by atoms with Gasteiger partial charge in [-0.2, -0.15) is 0 Å². The highest BCUT2D eigenvalue weighted by Gasteiger charge is 2.01. The highest BCUT2D eigenvalue weighted by molar-refractivity contribution is 6.32. The molecule has 0 saturated heterocycles. The summed E-state index contributed by atoms with van der Waals surface area (Å²) in [4.78, 5) is 4.02. The normalized spacial score (nSPS) is 9.88. The summed E-state index contributed by atoms with van der Waals surface area (Å²) < 4.78 is 5.08. The number of nitrogens with one attached hydrogen (secondary N) is 1. The van der Waals surface area contributed by atoms with Crippen LogP contribution in [0.4, 0.5) is 11.4 Å². The molecule has 2 rings (SSSR count). The first-order valence-electron chi connectivity index (χ1n) is 4.80. The SMILES string of the molecule is COc1ccc(Nc2cccnc2)cc1Cl. The van der Waals surface area contributed by atoms with E-state index in [1.807, 2.05) is 30.3 Å². The summed E-state index contributed by atoms with van der Waals surface area (Å²) in [6.07, 6.45) is 3.48. The predicted octanol–water partition coefficient (Wildman–Crippen LogP) is 3.49. The number of rotatable bonds is 3. The molecule has 0 aliphatic rings. The Hall–Kier alpha value is -1.74. The third-order valence-electron chi connectivity index (χ3n) is 2.10. The molecule has 0 unspecified atom stereocenters. The van der Waals surface area contributed by atoms with E-state index in [1.165, 1.54) is 0 Å². The van der Waals surface area contributed by atoms with Crippen LogP contribution in [0.5, 0.6) is 5.75 Å². The molecule has 0 aliphatic heterocycles. The Morgan fingerprint density at radius 1 is 1.25 bits per heavy atom. The Morgan fingerprint density at radius 2 is 2.12 bits per heavy atom. The average molecular weight is 235 g/mol. The highest BCUT2D eigenvalue weighted by atomic mass is 35.5. The first-order chi connectivity index (χ1) is 7.79. The van der Waals surface area contributed by atoms with Gasteiger partial charge in [0.25, 0.3) is 0 Å². The van der Waals surface area contributed by atoms with E-state index in [1.54, 1.807) is 19.5 Å². The van der Waals surface area contributed by atoms with Crippen molar-refractivity contribution in [3.8, 4) is 5.75 Å². The minimum absolute atomic E-state index is 0.580. The van der Waals surface area contributed by atoms with Gasteiger partial charge >= 0.3 is 0 Å². The van der Waals surface area contributed by atoms with Gasteiger partial charge in [-0.1, -0.05) is 11.6 Å². The third-order valence-corrected chi connectivity index (χ3v) is 2.40. The number of benzene rings is 1. The fourth-order valence-electron chi connectivity index (χ4n) is 1.35. The van der Waals surface area contributed by atoms with Crippen LogP contribution in [0.25, 0.3) is 0 Å². The number of hydrogen-bond donors (Lipinski definition) is 1. The standard InChI is InChI=1S/C12H11ClN2O/c1-16-12-5-4-9(7-11(12)13)15-10-3-2-6-14-8-10/h2-8,15H,1H3. The largest absolute Gasteiger partial charge is 0.495 e. The molecule has 0 radical (unpaired) electrons. The summed E-state index contributed by atoms with van der Waals surface area (Å²) in [6, 6.07) is 9.34. The second-order valence-electron chi connectivity index (χ2n) is 3.22. The van der Waals surface area contributed by atoms with Crippen LogP contribution in [0.1, 0.15) is 0 Å². The Balaban J connectivity index is 2.20. The first-order valence-corrected chi connectivity index (χ1v) is 5.18. The van der Waals surface area contributed by atoms with Crippen molar-refractivity contribution in [2.24, 2.45) is 0 Å². The molecule has 1 aromatic carbocycles. The van der Waals surface area contributed by atoms with Gasteiger partial charge in [0.15, 0.2) is 0 Å². The van der Waals surface area contributed by atoms with Gasteiger partial charge in [0.05, 0.1) is 24.0 Å². The van der Waals surface area contributed by atoms with Crippen LogP contribution >= 0.6 is 11.6 Å². The maximum absolute atomic E-state index is 6.02. The monoisotopic (exact) mass is 234 g/mol. The quantitative estimate of drug-likeness (QED) is 0.883. The van der Waals surface area contributed by atoms with Gasteiger partial charge in [-0.05, 0) is 30.3 Å². The maximum Gasteiger partial charge on any atom is 0.137 e. The first kappa shape index (κ1) is 10.8. The summed E-state index contributed by atoms with van der Waals surface area (Å²) in [5.74, 6) is 0.665. The average Bonchev–Trinajstić information content (AvgIpc) is 2.31. The zero-order valence-corrected chi connectivity index (χ0v) is 9.53. The molecule has 82 valence electrons. The van der Waals surface area contributed by atoms with Crippen molar-refractivity contribution < 1.29 is 4.74 Å². The van der Waals surface area contributed by atoms with Crippen molar-refractivity contribution in [3.63, 3.8) is 0 Å². The zero-order valence-electron chi connectivity index (χ0n) is 8.77. The molecule has 1 heterocycles. The van der Waals surface area contributed by atoms with E-state index < -0.39 is 0 Å². The van der Waals surface area contributed by atoms with Crippen molar-refractivity contribution in [2.75, 3.05) is 12.4 Å². The minimum atomic E-state index is 0.580. The number of nitrogens with zero attached hydrogens (tertiary/aromatic N) is 1. The molecule has 0 saturated carbocycles. The van der Waals surface area contributed by atoms with Crippen LogP contribution < -0.4 is 10.1 Å². The topological polar surface area (TPSA) is 34.1 Å². The maximum atomic E-state index is 6.02. The summed E-state index contributed by atoms with van der Waals surface area (Å²) in [5, 5.41) is 3.77. The van der Waals surface area contributed by atoms with Crippen LogP contribution in [0.2, 0.25) is 5.02 Å². The lowest BCUT2D eigenvalue weighted by Crippen LogP contribution is -1.91. The Labute approximate surface area is 99.0 Å². The van der Waals surface area contributed by atoms with Gasteiger partial charge in [0.1, 0.15) is 5.75 Å². The molecule has 4 heteroatoms. The van der Waals surface area contributed by atoms with Crippen LogP contribution in [-0.2, 0) is 0 Å². The number of pyridine rings is 1. The van der Waals surface area contributed by atoms with Crippen molar-refractivity contribution in [1.29, 1.82) is 0 Å². The summed E-state index contributed by atoms with van der Waals surface area (Å²) in [7, 11) is 1.59. The second-order valence-corrected chi connectivity index (χ2v) is 3.62. The Morgan fingerprint density at radius 3 is 2.75 bits per heavy atom. The van der Waals surface area contributed by atoms with Gasteiger partial charge in [-0.25, -0.2) is 0 Å². The molecule has 1 N–H and O–H groups in total. The van der Waals surface area contributed by atoms with Gasteiger partial charge in [0.2, 0.25) is 0 Å². The van der Waals surface area contributed by atoms with Gasteiger partial charge in [-0.15, -0.1) is 0 Å².